The first-order valence-corrected chi connectivity index (χ1v) is 21.0. The molecule has 2 fully saturated rings. The molecule has 6 aromatic rings. The molecule has 2 aliphatic heterocycles. The second kappa shape index (κ2) is 19.0. The van der Waals surface area contributed by atoms with Crippen molar-refractivity contribution in [3.63, 3.8) is 0 Å². The third kappa shape index (κ3) is 9.39. The van der Waals surface area contributed by atoms with Gasteiger partial charge in [0.2, 0.25) is 11.8 Å². The summed E-state index contributed by atoms with van der Waals surface area (Å²) in [5.74, 6) is 1.35. The molecule has 0 radical (unpaired) electrons. The highest BCUT2D eigenvalue weighted by Crippen LogP contribution is 2.36. The number of amides is 4. The van der Waals surface area contributed by atoms with Crippen LogP contribution in [0.15, 0.2) is 122 Å². The number of rotatable bonds is 13. The van der Waals surface area contributed by atoms with Crippen molar-refractivity contribution in [2.24, 2.45) is 0 Å². The van der Waals surface area contributed by atoms with Gasteiger partial charge in [0.25, 0.3) is 0 Å². The molecule has 14 nitrogen and oxygen atoms in total. The number of ether oxygens (including phenoxy) is 2. The van der Waals surface area contributed by atoms with Gasteiger partial charge in [0, 0.05) is 13.1 Å². The van der Waals surface area contributed by atoms with E-state index in [1.54, 1.807) is 0 Å². The molecule has 2 saturated heterocycles. The summed E-state index contributed by atoms with van der Waals surface area (Å²) in [4.78, 5) is 71.7. The predicted molar refractivity (Wildman–Crippen MR) is 233 cm³/mol. The molecule has 8 rings (SSSR count). The maximum Gasteiger partial charge on any atom is 0.407 e. The molecule has 62 heavy (non-hydrogen) atoms. The highest BCUT2D eigenvalue weighted by atomic mass is 16.5. The average molecular weight is 835 g/mol. The Morgan fingerprint density at radius 2 is 0.952 bits per heavy atom. The van der Waals surface area contributed by atoms with Crippen molar-refractivity contribution >= 4 is 24.0 Å². The molecule has 0 aliphatic carbocycles. The van der Waals surface area contributed by atoms with Crippen LogP contribution in [0, 0.1) is 0 Å². The highest BCUT2D eigenvalue weighted by Gasteiger charge is 2.35. The predicted octanol–water partition coefficient (Wildman–Crippen LogP) is 8.44. The number of alkyl carbamates (subject to hydrolysis) is 2. The van der Waals surface area contributed by atoms with Crippen LogP contribution >= 0.6 is 0 Å². The van der Waals surface area contributed by atoms with E-state index in [-0.39, 0.29) is 36.7 Å². The fraction of sp³-hybridized carbons (Fsp3) is 0.292. The molecule has 1 unspecified atom stereocenters. The van der Waals surface area contributed by atoms with E-state index in [9.17, 15) is 19.2 Å². The number of nitrogens with zero attached hydrogens (tertiary/aromatic N) is 4. The van der Waals surface area contributed by atoms with E-state index >= 15 is 0 Å². The van der Waals surface area contributed by atoms with Gasteiger partial charge in [-0.1, -0.05) is 109 Å². The number of H-pyrrole nitrogens is 2. The first-order chi connectivity index (χ1) is 30.3. The smallest absolute Gasteiger partial charge is 0.407 e. The molecular weight excluding hydrogens is 785 g/mol. The van der Waals surface area contributed by atoms with Gasteiger partial charge in [-0.15, -0.1) is 0 Å². The molecule has 318 valence electrons. The molecule has 0 spiro atoms. The van der Waals surface area contributed by atoms with E-state index in [0.29, 0.717) is 13.1 Å². The second-order valence-corrected chi connectivity index (χ2v) is 15.6. The van der Waals surface area contributed by atoms with Crippen LogP contribution in [0.4, 0.5) is 9.59 Å². The minimum Gasteiger partial charge on any atom is -0.453 e. The number of carbonyl (C=O) groups excluding carboxylic acids is 4. The van der Waals surface area contributed by atoms with E-state index in [0.717, 1.165) is 82.1 Å². The third-order valence-electron chi connectivity index (χ3n) is 11.8. The van der Waals surface area contributed by atoms with Crippen LogP contribution in [0.25, 0.3) is 33.6 Å². The van der Waals surface area contributed by atoms with Gasteiger partial charge in [0.15, 0.2) is 0 Å². The van der Waals surface area contributed by atoms with Gasteiger partial charge in [0.1, 0.15) is 11.6 Å². The van der Waals surface area contributed by atoms with Crippen molar-refractivity contribution < 1.29 is 28.7 Å². The van der Waals surface area contributed by atoms with E-state index < -0.39 is 24.3 Å². The van der Waals surface area contributed by atoms with Crippen LogP contribution in [0.3, 0.4) is 0 Å². The molecule has 2 aromatic heterocycles. The Balaban J connectivity index is 0.894. The molecule has 2 aliphatic rings. The molecule has 4 N–H and O–H groups in total. The number of nitrogens with one attached hydrogen (secondary N) is 4. The minimum absolute atomic E-state index is 0.0631. The largest absolute Gasteiger partial charge is 0.453 e. The lowest BCUT2D eigenvalue weighted by atomic mass is 10.0. The Morgan fingerprint density at radius 1 is 0.581 bits per heavy atom. The van der Waals surface area contributed by atoms with Crippen LogP contribution in [-0.2, 0) is 19.1 Å². The number of carbonyl (C=O) groups is 4. The highest BCUT2D eigenvalue weighted by molar-refractivity contribution is 5.80. The van der Waals surface area contributed by atoms with Crippen molar-refractivity contribution in [3.8, 4) is 33.6 Å². The topological polar surface area (TPSA) is 175 Å². The van der Waals surface area contributed by atoms with Gasteiger partial charge in [0.05, 0.1) is 75.0 Å². The summed E-state index contributed by atoms with van der Waals surface area (Å²) in [6, 6.07) is 34.0. The number of hydrogen-bond donors (Lipinski definition) is 4. The lowest BCUT2D eigenvalue weighted by Gasteiger charge is -2.26. The van der Waals surface area contributed by atoms with Crippen molar-refractivity contribution in [1.82, 2.24) is 40.4 Å². The van der Waals surface area contributed by atoms with E-state index in [4.69, 9.17) is 19.4 Å². The molecule has 4 heterocycles. The first kappa shape index (κ1) is 41.5. The minimum atomic E-state index is -0.585. The van der Waals surface area contributed by atoms with E-state index in [1.165, 1.54) is 14.2 Å². The molecule has 14 heteroatoms. The van der Waals surface area contributed by atoms with E-state index in [2.05, 4.69) is 69.1 Å². The monoisotopic (exact) mass is 834 g/mol. The number of methoxy groups -OCH3 is 2. The van der Waals surface area contributed by atoms with E-state index in [1.807, 2.05) is 82.9 Å². The summed E-state index contributed by atoms with van der Waals surface area (Å²) in [7, 11) is 2.62. The molecule has 0 saturated carbocycles. The lowest BCUT2D eigenvalue weighted by molar-refractivity contribution is -0.133. The van der Waals surface area contributed by atoms with Crippen molar-refractivity contribution in [2.45, 2.75) is 62.7 Å². The number of likely N-dealkylation sites (tertiary alicyclic amines) is 2. The van der Waals surface area contributed by atoms with Gasteiger partial charge < -0.3 is 39.9 Å². The van der Waals surface area contributed by atoms with Crippen LogP contribution in [0.1, 0.15) is 85.5 Å². The number of aromatic nitrogens is 4. The summed E-state index contributed by atoms with van der Waals surface area (Å²) >= 11 is 0. The van der Waals surface area contributed by atoms with Gasteiger partial charge in [-0.2, -0.15) is 0 Å². The molecule has 0 bridgehead atoms. The van der Waals surface area contributed by atoms with Crippen molar-refractivity contribution in [1.29, 1.82) is 0 Å². The average Bonchev–Trinajstić information content (AvgIpc) is 4.17. The maximum absolute atomic E-state index is 13.7. The Labute approximate surface area is 360 Å². The zero-order valence-electron chi connectivity index (χ0n) is 34.8. The first-order valence-electron chi connectivity index (χ1n) is 21.0. The Hall–Kier alpha value is -7.22. The zero-order chi connectivity index (χ0) is 43.0. The van der Waals surface area contributed by atoms with Crippen LogP contribution < -0.4 is 10.6 Å². The van der Waals surface area contributed by atoms with Gasteiger partial charge in [-0.3, -0.25) is 9.59 Å². The standard InChI is InChI=1S/C48H50N8O6/c1-61-47(59)53-37(33-11-5-3-6-12-33)27-43(57)55-25-9-15-41(55)45-49-29-39(51-45)35-21-17-31(18-22-35)32-19-23-36(24-20-32)40-30-50-46(52-40)42-16-10-26-56(42)44(58)28-38(54-48(60)62-2)34-13-7-4-8-14-34/h3-8,11-14,17-24,29-30,37-38,41-42H,9-10,15-16,25-28H2,1-2H3,(H,49,51)(H,50,52)(H,53,59)(H,54,60)/t37-,38-,41-,42?/m0/s1. The van der Waals surface area contributed by atoms with Crippen LogP contribution in [0.5, 0.6) is 0 Å². The molecular formula is C48H50N8O6. The summed E-state index contributed by atoms with van der Waals surface area (Å²) in [5.41, 5.74) is 7.46. The third-order valence-corrected chi connectivity index (χ3v) is 11.8. The quantitative estimate of drug-likeness (QED) is 0.0897. The molecule has 4 amide bonds. The number of benzene rings is 4. The second-order valence-electron chi connectivity index (χ2n) is 15.6. The van der Waals surface area contributed by atoms with Gasteiger partial charge in [-0.05, 0) is 59.1 Å². The summed E-state index contributed by atoms with van der Waals surface area (Å²) < 4.78 is 9.67. The fourth-order valence-electron chi connectivity index (χ4n) is 8.55. The van der Waals surface area contributed by atoms with Gasteiger partial charge >= 0.3 is 12.2 Å². The maximum atomic E-state index is 13.7. The molecule has 4 atom stereocenters. The lowest BCUT2D eigenvalue weighted by Crippen LogP contribution is -2.36. The van der Waals surface area contributed by atoms with Crippen LogP contribution in [-0.4, -0.2) is 81.0 Å². The number of imidazole rings is 2. The van der Waals surface area contributed by atoms with Crippen LogP contribution in [0.2, 0.25) is 0 Å². The summed E-state index contributed by atoms with van der Waals surface area (Å²) in [6.07, 6.45) is 5.96. The Morgan fingerprint density at radius 3 is 1.32 bits per heavy atom. The number of hydrogen-bond acceptors (Lipinski definition) is 8. The van der Waals surface area contributed by atoms with Gasteiger partial charge in [-0.25, -0.2) is 19.6 Å². The summed E-state index contributed by atoms with van der Waals surface area (Å²) in [6.45, 7) is 1.23. The normalized spacial score (nSPS) is 17.0. The SMILES string of the molecule is COC(=O)N[C@@H](CC(=O)N1CCCC1c1ncc(-c2ccc(-c3ccc(-c4cnc([C@@H]5CCCN5C(=O)C[C@H](NC(=O)OC)c5ccccc5)[nH]4)cc3)cc2)[nH]1)c1ccccc1. The Bertz CT molecular complexity index is 2300. The summed E-state index contributed by atoms with van der Waals surface area (Å²) in [5, 5.41) is 5.63. The zero-order valence-corrected chi connectivity index (χ0v) is 34.8. The number of aromatic amines is 2. The molecule has 4 aromatic carbocycles. The fourth-order valence-corrected chi connectivity index (χ4v) is 8.55. The van der Waals surface area contributed by atoms with Crippen molar-refractivity contribution in [3.05, 3.63) is 144 Å². The van der Waals surface area contributed by atoms with Crippen molar-refractivity contribution in [2.75, 3.05) is 27.3 Å². The Kier molecular flexibility index (Phi) is 12.7.